The lowest BCUT2D eigenvalue weighted by Crippen LogP contribution is -1.93. The molecule has 0 atom stereocenters. The van der Waals surface area contributed by atoms with Gasteiger partial charge in [0.1, 0.15) is 17.3 Å². The van der Waals surface area contributed by atoms with Crippen molar-refractivity contribution in [1.29, 1.82) is 0 Å². The van der Waals surface area contributed by atoms with Gasteiger partial charge in [0.25, 0.3) is 5.89 Å². The van der Waals surface area contributed by atoms with Crippen molar-refractivity contribution in [3.63, 3.8) is 0 Å². The highest BCUT2D eigenvalue weighted by Crippen LogP contribution is 2.22. The van der Waals surface area contributed by atoms with Gasteiger partial charge in [0.05, 0.1) is 0 Å². The zero-order valence-corrected chi connectivity index (χ0v) is 10.8. The normalized spacial score (nSPS) is 10.9. The zero-order valence-electron chi connectivity index (χ0n) is 10.0. The molecule has 2 N–H and O–H groups in total. The molecule has 0 amide bonds. The fourth-order valence-corrected chi connectivity index (χ4v) is 2.25. The minimum Gasteiger partial charge on any atom is -0.375 e. The minimum absolute atomic E-state index is 0.164. The molecule has 1 aromatic carbocycles. The third kappa shape index (κ3) is 2.64. The zero-order chi connectivity index (χ0) is 14.1. The van der Waals surface area contributed by atoms with Crippen molar-refractivity contribution in [2.24, 2.45) is 0 Å². The summed E-state index contributed by atoms with van der Waals surface area (Å²) in [5, 5.41) is 5.83. The number of hydrogen-bond acceptors (Lipinski definition) is 6. The lowest BCUT2D eigenvalue weighted by atomic mass is 10.1. The van der Waals surface area contributed by atoms with Gasteiger partial charge in [0.15, 0.2) is 11.0 Å². The van der Waals surface area contributed by atoms with Gasteiger partial charge in [-0.3, -0.25) is 0 Å². The number of hydrogen-bond donors (Lipinski definition) is 1. The van der Waals surface area contributed by atoms with Gasteiger partial charge in [-0.1, -0.05) is 5.16 Å². The minimum atomic E-state index is -0.643. The first-order chi connectivity index (χ1) is 9.60. The molecule has 0 bridgehead atoms. The van der Waals surface area contributed by atoms with E-state index in [2.05, 4.69) is 15.1 Å². The van der Waals surface area contributed by atoms with Crippen LogP contribution in [0, 0.1) is 11.6 Å². The summed E-state index contributed by atoms with van der Waals surface area (Å²) in [7, 11) is 0. The fourth-order valence-electron chi connectivity index (χ4n) is 1.71. The number of thiazole rings is 1. The molecule has 102 valence electrons. The maximum atomic E-state index is 13.1. The van der Waals surface area contributed by atoms with Crippen molar-refractivity contribution in [3.8, 4) is 11.6 Å². The summed E-state index contributed by atoms with van der Waals surface area (Å²) in [6.45, 7) is 0. The SMILES string of the molecule is Nc1nc(-c2nc(Cc3cc(F)cc(F)c3)no2)cs1. The van der Waals surface area contributed by atoms with E-state index in [4.69, 9.17) is 10.3 Å². The van der Waals surface area contributed by atoms with E-state index in [0.29, 0.717) is 22.2 Å². The largest absolute Gasteiger partial charge is 0.375 e. The van der Waals surface area contributed by atoms with Crippen molar-refractivity contribution in [3.05, 3.63) is 46.6 Å². The first kappa shape index (κ1) is 12.7. The molecule has 5 nitrogen and oxygen atoms in total. The van der Waals surface area contributed by atoms with Crippen LogP contribution >= 0.6 is 11.3 Å². The molecule has 0 spiro atoms. The van der Waals surface area contributed by atoms with Crippen LogP contribution in [0.2, 0.25) is 0 Å². The molecule has 0 radical (unpaired) electrons. The van der Waals surface area contributed by atoms with E-state index >= 15 is 0 Å². The number of nitrogen functional groups attached to an aromatic ring is 1. The Labute approximate surface area is 116 Å². The van der Waals surface area contributed by atoms with Crippen molar-refractivity contribution in [2.45, 2.75) is 6.42 Å². The maximum Gasteiger partial charge on any atom is 0.277 e. The highest BCUT2D eigenvalue weighted by atomic mass is 32.1. The number of halogens is 2. The van der Waals surface area contributed by atoms with Crippen LogP contribution in [0.25, 0.3) is 11.6 Å². The Morgan fingerprint density at radius 1 is 1.15 bits per heavy atom. The average molecular weight is 294 g/mol. The second-order valence-corrected chi connectivity index (χ2v) is 4.93. The van der Waals surface area contributed by atoms with E-state index in [9.17, 15) is 8.78 Å². The van der Waals surface area contributed by atoms with E-state index < -0.39 is 11.6 Å². The van der Waals surface area contributed by atoms with E-state index in [1.807, 2.05) is 0 Å². The molecule has 0 saturated heterocycles. The van der Waals surface area contributed by atoms with Gasteiger partial charge in [-0.05, 0) is 17.7 Å². The highest BCUT2D eigenvalue weighted by Gasteiger charge is 2.13. The molecule has 0 fully saturated rings. The van der Waals surface area contributed by atoms with Gasteiger partial charge in [-0.2, -0.15) is 4.98 Å². The van der Waals surface area contributed by atoms with Crippen LogP contribution in [0.15, 0.2) is 28.1 Å². The number of nitrogens with zero attached hydrogens (tertiary/aromatic N) is 3. The standard InChI is InChI=1S/C12H8F2N4OS/c13-7-1-6(2-8(14)4-7)3-10-17-11(19-18-10)9-5-20-12(15)16-9/h1-2,4-5H,3H2,(H2,15,16). The predicted molar refractivity (Wildman–Crippen MR) is 69.0 cm³/mol. The summed E-state index contributed by atoms with van der Waals surface area (Å²) >= 11 is 1.26. The van der Waals surface area contributed by atoms with Gasteiger partial charge in [-0.25, -0.2) is 13.8 Å². The molecule has 20 heavy (non-hydrogen) atoms. The van der Waals surface area contributed by atoms with Crippen LogP contribution in [-0.2, 0) is 6.42 Å². The second-order valence-electron chi connectivity index (χ2n) is 4.04. The Morgan fingerprint density at radius 2 is 1.90 bits per heavy atom. The molecule has 0 unspecified atom stereocenters. The van der Waals surface area contributed by atoms with Gasteiger partial charge >= 0.3 is 0 Å². The second kappa shape index (κ2) is 4.97. The Kier molecular flexibility index (Phi) is 3.15. The Balaban J connectivity index is 1.83. The summed E-state index contributed by atoms with van der Waals surface area (Å²) in [5.41, 5.74) is 6.42. The summed E-state index contributed by atoms with van der Waals surface area (Å²) in [6, 6.07) is 3.25. The van der Waals surface area contributed by atoms with E-state index in [1.54, 1.807) is 5.38 Å². The maximum absolute atomic E-state index is 13.1. The Morgan fingerprint density at radius 3 is 2.55 bits per heavy atom. The third-order valence-corrected chi connectivity index (χ3v) is 3.17. The van der Waals surface area contributed by atoms with Gasteiger partial charge < -0.3 is 10.3 Å². The van der Waals surface area contributed by atoms with Crippen molar-refractivity contribution < 1.29 is 13.3 Å². The fraction of sp³-hybridized carbons (Fsp3) is 0.0833. The van der Waals surface area contributed by atoms with Gasteiger partial charge in [0, 0.05) is 17.9 Å². The highest BCUT2D eigenvalue weighted by molar-refractivity contribution is 7.13. The number of anilines is 1. The number of rotatable bonds is 3. The van der Waals surface area contributed by atoms with Crippen molar-refractivity contribution in [1.82, 2.24) is 15.1 Å². The predicted octanol–water partition coefficient (Wildman–Crippen LogP) is 2.64. The molecule has 0 aliphatic heterocycles. The first-order valence-corrected chi connectivity index (χ1v) is 6.47. The number of aromatic nitrogens is 3. The molecule has 2 aromatic heterocycles. The molecule has 0 aliphatic rings. The van der Waals surface area contributed by atoms with Gasteiger partial charge in [0.2, 0.25) is 0 Å². The topological polar surface area (TPSA) is 77.8 Å². The Bertz CT molecular complexity index is 735. The van der Waals surface area contributed by atoms with Crippen LogP contribution in [0.3, 0.4) is 0 Å². The molecule has 2 heterocycles. The van der Waals surface area contributed by atoms with E-state index in [0.717, 1.165) is 6.07 Å². The smallest absolute Gasteiger partial charge is 0.277 e. The van der Waals surface area contributed by atoms with Crippen LogP contribution in [0.1, 0.15) is 11.4 Å². The first-order valence-electron chi connectivity index (χ1n) is 5.59. The van der Waals surface area contributed by atoms with E-state index in [1.165, 1.54) is 23.5 Å². The van der Waals surface area contributed by atoms with Crippen LogP contribution < -0.4 is 5.73 Å². The van der Waals surface area contributed by atoms with Crippen molar-refractivity contribution >= 4 is 16.5 Å². The summed E-state index contributed by atoms with van der Waals surface area (Å²) in [4.78, 5) is 8.12. The average Bonchev–Trinajstić information content (AvgIpc) is 2.96. The lowest BCUT2D eigenvalue weighted by molar-refractivity contribution is 0.423. The summed E-state index contributed by atoms with van der Waals surface area (Å²) in [6.07, 6.45) is 0.164. The molecular formula is C12H8F2N4OS. The van der Waals surface area contributed by atoms with E-state index in [-0.39, 0.29) is 12.3 Å². The molecule has 0 aliphatic carbocycles. The molecule has 3 aromatic rings. The third-order valence-electron chi connectivity index (χ3n) is 2.49. The van der Waals surface area contributed by atoms with Crippen LogP contribution in [-0.4, -0.2) is 15.1 Å². The molecule has 8 heteroatoms. The Hall–Kier alpha value is -2.35. The summed E-state index contributed by atoms with van der Waals surface area (Å²) < 4.78 is 31.2. The number of nitrogens with two attached hydrogens (primary N) is 1. The van der Waals surface area contributed by atoms with Crippen molar-refractivity contribution in [2.75, 3.05) is 5.73 Å². The summed E-state index contributed by atoms with van der Waals surface area (Å²) in [5.74, 6) is -0.742. The molecule has 3 rings (SSSR count). The van der Waals surface area contributed by atoms with Crippen LogP contribution in [0.4, 0.5) is 13.9 Å². The number of benzene rings is 1. The van der Waals surface area contributed by atoms with Crippen LogP contribution in [0.5, 0.6) is 0 Å². The quantitative estimate of drug-likeness (QED) is 0.803. The van der Waals surface area contributed by atoms with Gasteiger partial charge in [-0.15, -0.1) is 11.3 Å². The molecule has 0 saturated carbocycles. The monoisotopic (exact) mass is 294 g/mol. The molecular weight excluding hydrogens is 286 g/mol. The lowest BCUT2D eigenvalue weighted by Gasteiger charge is -1.97.